The van der Waals surface area contributed by atoms with E-state index in [1.807, 2.05) is 27.7 Å². The van der Waals surface area contributed by atoms with Crippen LogP contribution in [0.25, 0.3) is 0 Å². The number of nitrogens with zero attached hydrogens (tertiary/aromatic N) is 3. The molecule has 0 aromatic carbocycles. The van der Waals surface area contributed by atoms with Crippen LogP contribution < -0.4 is 4.90 Å². The van der Waals surface area contributed by atoms with Gasteiger partial charge in [-0.05, 0) is 32.3 Å². The lowest BCUT2D eigenvalue weighted by Gasteiger charge is -2.23. The highest BCUT2D eigenvalue weighted by Gasteiger charge is 2.23. The van der Waals surface area contributed by atoms with Crippen molar-refractivity contribution in [3.05, 3.63) is 16.8 Å². The summed E-state index contributed by atoms with van der Waals surface area (Å²) in [5.74, 6) is 0.353. The lowest BCUT2D eigenvalue weighted by molar-refractivity contribution is 0.0599. The van der Waals surface area contributed by atoms with Gasteiger partial charge in [-0.15, -0.1) is 5.10 Å². The molecule has 1 aromatic heterocycles. The van der Waals surface area contributed by atoms with Crippen molar-refractivity contribution in [2.45, 2.75) is 53.4 Å². The topological polar surface area (TPSA) is 55.3 Å². The Labute approximate surface area is 127 Å². The van der Waals surface area contributed by atoms with Gasteiger partial charge < -0.3 is 9.64 Å². The molecule has 0 unspecified atom stereocenters. The Balaban J connectivity index is 0.00000106. The fraction of sp³-hybridized carbons (Fsp3) is 0.688. The summed E-state index contributed by atoms with van der Waals surface area (Å²) in [4.78, 5) is 14.2. The van der Waals surface area contributed by atoms with E-state index in [0.29, 0.717) is 11.4 Å². The van der Waals surface area contributed by atoms with Gasteiger partial charge in [0.1, 0.15) is 5.56 Å². The summed E-state index contributed by atoms with van der Waals surface area (Å²) in [6, 6.07) is 0. The van der Waals surface area contributed by atoms with Crippen molar-refractivity contribution in [2.24, 2.45) is 0 Å². The van der Waals surface area contributed by atoms with Crippen LogP contribution in [0.3, 0.4) is 0 Å². The minimum absolute atomic E-state index is 0.324. The van der Waals surface area contributed by atoms with Crippen LogP contribution in [0.1, 0.15) is 61.1 Å². The van der Waals surface area contributed by atoms with Crippen LogP contribution >= 0.6 is 0 Å². The second-order valence-electron chi connectivity index (χ2n) is 5.00. The molecule has 5 heteroatoms. The summed E-state index contributed by atoms with van der Waals surface area (Å²) in [6.45, 7) is 9.63. The molecule has 2 rings (SSSR count). The molecule has 0 radical (unpaired) electrons. The zero-order valence-corrected chi connectivity index (χ0v) is 13.9. The average molecular weight is 293 g/mol. The SMILES string of the molecule is CC.COC(=O)c1c(N2CCCCCC2)nnc(C)c1C. The first-order valence-electron chi connectivity index (χ1n) is 7.82. The Bertz CT molecular complexity index is 467. The van der Waals surface area contributed by atoms with E-state index in [9.17, 15) is 4.79 Å². The number of carbonyl (C=O) groups excluding carboxylic acids is 1. The van der Waals surface area contributed by atoms with Gasteiger partial charge >= 0.3 is 5.97 Å². The molecule has 21 heavy (non-hydrogen) atoms. The standard InChI is InChI=1S/C14H21N3O2.C2H6/c1-10-11(2)15-16-13(12(10)14(18)19-3)17-8-6-4-5-7-9-17;1-2/h4-9H2,1-3H3;1-2H3. The summed E-state index contributed by atoms with van der Waals surface area (Å²) in [5, 5.41) is 8.41. The molecule has 2 heterocycles. The fourth-order valence-corrected chi connectivity index (χ4v) is 2.45. The Morgan fingerprint density at radius 2 is 1.62 bits per heavy atom. The minimum atomic E-state index is -0.324. The number of aromatic nitrogens is 2. The van der Waals surface area contributed by atoms with E-state index < -0.39 is 0 Å². The van der Waals surface area contributed by atoms with Crippen molar-refractivity contribution in [2.75, 3.05) is 25.1 Å². The molecule has 5 nitrogen and oxygen atoms in total. The normalized spacial score (nSPS) is 14.8. The van der Waals surface area contributed by atoms with E-state index in [0.717, 1.165) is 37.2 Å². The molecule has 0 saturated carbocycles. The number of methoxy groups -OCH3 is 1. The number of aryl methyl sites for hydroxylation is 1. The largest absolute Gasteiger partial charge is 0.465 e. The maximum atomic E-state index is 12.0. The number of hydrogen-bond acceptors (Lipinski definition) is 5. The highest BCUT2D eigenvalue weighted by molar-refractivity contribution is 5.96. The fourth-order valence-electron chi connectivity index (χ4n) is 2.45. The van der Waals surface area contributed by atoms with Crippen molar-refractivity contribution in [3.8, 4) is 0 Å². The molecule has 1 saturated heterocycles. The molecule has 1 aromatic rings. The molecule has 0 spiro atoms. The number of carbonyl (C=O) groups is 1. The molecule has 0 amide bonds. The third kappa shape index (κ3) is 4.16. The summed E-state index contributed by atoms with van der Waals surface area (Å²) in [7, 11) is 1.41. The van der Waals surface area contributed by atoms with Crippen LogP contribution in [0.2, 0.25) is 0 Å². The number of hydrogen-bond donors (Lipinski definition) is 0. The monoisotopic (exact) mass is 293 g/mol. The number of ether oxygens (including phenoxy) is 1. The van der Waals surface area contributed by atoms with Gasteiger partial charge in [0, 0.05) is 13.1 Å². The van der Waals surface area contributed by atoms with Crippen molar-refractivity contribution >= 4 is 11.8 Å². The van der Waals surface area contributed by atoms with Gasteiger partial charge in [0.05, 0.1) is 12.8 Å². The zero-order chi connectivity index (χ0) is 15.8. The Kier molecular flexibility index (Phi) is 7.12. The lowest BCUT2D eigenvalue weighted by Crippen LogP contribution is -2.28. The molecule has 1 aliphatic heterocycles. The molecule has 1 fully saturated rings. The van der Waals surface area contributed by atoms with Crippen molar-refractivity contribution < 1.29 is 9.53 Å². The van der Waals surface area contributed by atoms with Gasteiger partial charge in [0.15, 0.2) is 5.82 Å². The molecule has 118 valence electrons. The molecule has 0 N–H and O–H groups in total. The predicted molar refractivity (Wildman–Crippen MR) is 84.9 cm³/mol. The summed E-state index contributed by atoms with van der Waals surface area (Å²) in [5.41, 5.74) is 2.21. The highest BCUT2D eigenvalue weighted by Crippen LogP contribution is 2.25. The molecule has 0 atom stereocenters. The molecule has 1 aliphatic rings. The van der Waals surface area contributed by atoms with Crippen LogP contribution in [-0.2, 0) is 4.74 Å². The highest BCUT2D eigenvalue weighted by atomic mass is 16.5. The predicted octanol–water partition coefficient (Wildman–Crippen LogP) is 3.29. The van der Waals surface area contributed by atoms with E-state index in [2.05, 4.69) is 15.1 Å². The van der Waals surface area contributed by atoms with Gasteiger partial charge in [0.2, 0.25) is 0 Å². The minimum Gasteiger partial charge on any atom is -0.465 e. The van der Waals surface area contributed by atoms with Gasteiger partial charge in [-0.3, -0.25) is 0 Å². The van der Waals surface area contributed by atoms with E-state index in [-0.39, 0.29) is 5.97 Å². The first-order valence-corrected chi connectivity index (χ1v) is 7.82. The Morgan fingerprint density at radius 3 is 2.14 bits per heavy atom. The van der Waals surface area contributed by atoms with Gasteiger partial charge in [-0.25, -0.2) is 4.79 Å². The maximum Gasteiger partial charge on any atom is 0.342 e. The van der Waals surface area contributed by atoms with Crippen molar-refractivity contribution in [3.63, 3.8) is 0 Å². The third-order valence-electron chi connectivity index (χ3n) is 3.73. The number of esters is 1. The molecule has 0 bridgehead atoms. The molecule has 0 aliphatic carbocycles. The van der Waals surface area contributed by atoms with Crippen molar-refractivity contribution in [1.82, 2.24) is 10.2 Å². The first kappa shape index (κ1) is 17.4. The third-order valence-corrected chi connectivity index (χ3v) is 3.73. The average Bonchev–Trinajstić information content (AvgIpc) is 2.80. The van der Waals surface area contributed by atoms with Crippen molar-refractivity contribution in [1.29, 1.82) is 0 Å². The van der Waals surface area contributed by atoms with E-state index >= 15 is 0 Å². The Hall–Kier alpha value is -1.65. The second-order valence-corrected chi connectivity index (χ2v) is 5.00. The van der Waals surface area contributed by atoms with Gasteiger partial charge in [0.25, 0.3) is 0 Å². The molecular formula is C16H27N3O2. The van der Waals surface area contributed by atoms with E-state index in [4.69, 9.17) is 4.74 Å². The maximum absolute atomic E-state index is 12.0. The van der Waals surface area contributed by atoms with Crippen LogP contribution in [-0.4, -0.2) is 36.4 Å². The quantitative estimate of drug-likeness (QED) is 0.783. The number of rotatable bonds is 2. The van der Waals surface area contributed by atoms with Gasteiger partial charge in [-0.1, -0.05) is 26.7 Å². The summed E-state index contributed by atoms with van der Waals surface area (Å²) < 4.78 is 4.90. The smallest absolute Gasteiger partial charge is 0.342 e. The first-order chi connectivity index (χ1) is 10.1. The zero-order valence-electron chi connectivity index (χ0n) is 13.9. The van der Waals surface area contributed by atoms with Crippen LogP contribution in [0.15, 0.2) is 0 Å². The number of anilines is 1. The summed E-state index contributed by atoms with van der Waals surface area (Å²) in [6.07, 6.45) is 4.75. The molecular weight excluding hydrogens is 266 g/mol. The van der Waals surface area contributed by atoms with Crippen LogP contribution in [0.5, 0.6) is 0 Å². The Morgan fingerprint density at radius 1 is 1.05 bits per heavy atom. The van der Waals surface area contributed by atoms with Gasteiger partial charge in [-0.2, -0.15) is 5.10 Å². The van der Waals surface area contributed by atoms with E-state index in [1.165, 1.54) is 20.0 Å². The van der Waals surface area contributed by atoms with Crippen LogP contribution in [0.4, 0.5) is 5.82 Å². The van der Waals surface area contributed by atoms with E-state index in [1.54, 1.807) is 0 Å². The lowest BCUT2D eigenvalue weighted by atomic mass is 10.1. The second kappa shape index (κ2) is 8.60. The van der Waals surface area contributed by atoms with Crippen LogP contribution in [0, 0.1) is 13.8 Å². The summed E-state index contributed by atoms with van der Waals surface area (Å²) >= 11 is 0.